The van der Waals surface area contributed by atoms with Crippen LogP contribution in [0.5, 0.6) is 0 Å². The van der Waals surface area contributed by atoms with Crippen molar-refractivity contribution in [2.75, 3.05) is 19.1 Å². The first-order valence-electron chi connectivity index (χ1n) is 10.7. The van der Waals surface area contributed by atoms with Crippen LogP contribution in [0.4, 0.5) is 5.69 Å². The Bertz CT molecular complexity index is 1180. The van der Waals surface area contributed by atoms with Gasteiger partial charge in [0, 0.05) is 33.8 Å². The van der Waals surface area contributed by atoms with Gasteiger partial charge in [-0.05, 0) is 49.6 Å². The maximum atomic E-state index is 13.3. The lowest BCUT2D eigenvalue weighted by atomic mass is 9.74. The number of hydrogen-bond acceptors (Lipinski definition) is 6. The fraction of sp³-hybridized carbons (Fsp3) is 0.269. The third kappa shape index (κ3) is 4.13. The molecule has 0 N–H and O–H groups in total. The molecule has 0 bridgehead atoms. The van der Waals surface area contributed by atoms with Gasteiger partial charge in [0.2, 0.25) is 0 Å². The molecule has 1 aliphatic carbocycles. The van der Waals surface area contributed by atoms with Crippen molar-refractivity contribution in [3.05, 3.63) is 86.7 Å². The third-order valence-corrected chi connectivity index (χ3v) is 6.56. The maximum Gasteiger partial charge on any atom is 0.355 e. The number of allylic oxidation sites excluding steroid dienone is 2. The minimum absolute atomic E-state index is 0.0331. The zero-order chi connectivity index (χ0) is 23.7. The van der Waals surface area contributed by atoms with Crippen molar-refractivity contribution in [3.8, 4) is 0 Å². The van der Waals surface area contributed by atoms with Crippen LogP contribution in [0.25, 0.3) is 0 Å². The lowest BCUT2D eigenvalue weighted by molar-refractivity contribution is -0.139. The van der Waals surface area contributed by atoms with Gasteiger partial charge in [-0.1, -0.05) is 45.8 Å². The molecule has 7 heteroatoms. The normalized spacial score (nSPS) is 18.2. The molecule has 1 unspecified atom stereocenters. The van der Waals surface area contributed by atoms with E-state index in [0.29, 0.717) is 36.2 Å². The van der Waals surface area contributed by atoms with Crippen LogP contribution in [0.15, 0.2) is 75.5 Å². The standard InChI is InChI=1S/C26H24BrNO5/c1-15-7-9-16(10-8-15)21-22-19(5-4-6-20(22)29)28(18-13-11-17(27)12-14-18)24(26(31)33-3)23(21)25(30)32-2/h7-14,21H,4-6H2,1-3H3. The number of esters is 2. The van der Waals surface area contributed by atoms with Gasteiger partial charge in [-0.3, -0.25) is 4.79 Å². The molecule has 0 saturated heterocycles. The number of ketones is 1. The molecule has 170 valence electrons. The lowest BCUT2D eigenvalue weighted by Gasteiger charge is -2.40. The summed E-state index contributed by atoms with van der Waals surface area (Å²) in [6.07, 6.45) is 1.64. The highest BCUT2D eigenvalue weighted by atomic mass is 79.9. The van der Waals surface area contributed by atoms with E-state index >= 15 is 0 Å². The second-order valence-electron chi connectivity index (χ2n) is 8.04. The fourth-order valence-electron chi connectivity index (χ4n) is 4.53. The molecule has 0 aromatic heterocycles. The Morgan fingerprint density at radius 2 is 1.58 bits per heavy atom. The maximum absolute atomic E-state index is 13.3. The van der Waals surface area contributed by atoms with Crippen molar-refractivity contribution in [1.82, 2.24) is 0 Å². The molecular formula is C26H24BrNO5. The molecular weight excluding hydrogens is 486 g/mol. The van der Waals surface area contributed by atoms with Gasteiger partial charge in [0.15, 0.2) is 5.78 Å². The number of nitrogens with zero attached hydrogens (tertiary/aromatic N) is 1. The molecule has 33 heavy (non-hydrogen) atoms. The first-order chi connectivity index (χ1) is 15.9. The zero-order valence-corrected chi connectivity index (χ0v) is 20.3. The summed E-state index contributed by atoms with van der Waals surface area (Å²) in [5.74, 6) is -2.09. The summed E-state index contributed by atoms with van der Waals surface area (Å²) in [5, 5.41) is 0. The summed E-state index contributed by atoms with van der Waals surface area (Å²) in [6.45, 7) is 1.97. The molecule has 2 aromatic carbocycles. The molecule has 2 aromatic rings. The number of carbonyl (C=O) groups excluding carboxylic acids is 3. The Morgan fingerprint density at radius 1 is 0.939 bits per heavy atom. The number of methoxy groups -OCH3 is 2. The number of anilines is 1. The van der Waals surface area contributed by atoms with Gasteiger partial charge >= 0.3 is 11.9 Å². The summed E-state index contributed by atoms with van der Waals surface area (Å²) >= 11 is 3.44. The number of Topliss-reactive ketones (excluding diaryl/α,β-unsaturated/α-hetero) is 1. The molecule has 0 radical (unpaired) electrons. The van der Waals surface area contributed by atoms with E-state index in [1.165, 1.54) is 14.2 Å². The van der Waals surface area contributed by atoms with Gasteiger partial charge < -0.3 is 14.4 Å². The minimum Gasteiger partial charge on any atom is -0.466 e. The van der Waals surface area contributed by atoms with E-state index < -0.39 is 17.9 Å². The Hall–Kier alpha value is -3.19. The molecule has 0 fully saturated rings. The predicted molar refractivity (Wildman–Crippen MR) is 127 cm³/mol. The van der Waals surface area contributed by atoms with E-state index in [1.54, 1.807) is 4.90 Å². The van der Waals surface area contributed by atoms with Crippen molar-refractivity contribution in [3.63, 3.8) is 0 Å². The second kappa shape index (κ2) is 9.35. The number of rotatable bonds is 4. The van der Waals surface area contributed by atoms with E-state index in [1.807, 2.05) is 55.5 Å². The summed E-state index contributed by atoms with van der Waals surface area (Å²) in [6, 6.07) is 15.0. The first-order valence-corrected chi connectivity index (χ1v) is 11.5. The molecule has 1 heterocycles. The van der Waals surface area contributed by atoms with Crippen LogP contribution in [-0.4, -0.2) is 31.9 Å². The van der Waals surface area contributed by atoms with Gasteiger partial charge in [-0.25, -0.2) is 9.59 Å². The highest BCUT2D eigenvalue weighted by Crippen LogP contribution is 2.48. The first kappa shape index (κ1) is 23.0. The number of hydrogen-bond donors (Lipinski definition) is 0. The summed E-state index contributed by atoms with van der Waals surface area (Å²) in [7, 11) is 2.55. The quantitative estimate of drug-likeness (QED) is 0.541. The lowest BCUT2D eigenvalue weighted by Crippen LogP contribution is -2.41. The average Bonchev–Trinajstić information content (AvgIpc) is 2.83. The number of aryl methyl sites for hydroxylation is 1. The topological polar surface area (TPSA) is 72.9 Å². The largest absolute Gasteiger partial charge is 0.466 e. The van der Waals surface area contributed by atoms with Crippen molar-refractivity contribution in [1.29, 1.82) is 0 Å². The third-order valence-electron chi connectivity index (χ3n) is 6.03. The van der Waals surface area contributed by atoms with E-state index in [4.69, 9.17) is 9.47 Å². The Balaban J connectivity index is 2.08. The highest BCUT2D eigenvalue weighted by molar-refractivity contribution is 9.10. The monoisotopic (exact) mass is 509 g/mol. The highest BCUT2D eigenvalue weighted by Gasteiger charge is 2.45. The van der Waals surface area contributed by atoms with E-state index in [9.17, 15) is 14.4 Å². The molecule has 4 rings (SSSR count). The number of benzene rings is 2. The molecule has 1 aliphatic heterocycles. The van der Waals surface area contributed by atoms with Crippen LogP contribution in [0, 0.1) is 6.92 Å². The van der Waals surface area contributed by atoms with Crippen LogP contribution in [-0.2, 0) is 23.9 Å². The Morgan fingerprint density at radius 3 is 2.18 bits per heavy atom. The van der Waals surface area contributed by atoms with Crippen LogP contribution in [0.2, 0.25) is 0 Å². The molecule has 6 nitrogen and oxygen atoms in total. The van der Waals surface area contributed by atoms with Gasteiger partial charge in [0.25, 0.3) is 0 Å². The number of halogens is 1. The second-order valence-corrected chi connectivity index (χ2v) is 8.95. The summed E-state index contributed by atoms with van der Waals surface area (Å²) < 4.78 is 11.1. The van der Waals surface area contributed by atoms with Crippen molar-refractivity contribution < 1.29 is 23.9 Å². The number of ether oxygens (including phenoxy) is 2. The van der Waals surface area contributed by atoms with Gasteiger partial charge in [-0.15, -0.1) is 0 Å². The van der Waals surface area contributed by atoms with Crippen LogP contribution < -0.4 is 4.90 Å². The van der Waals surface area contributed by atoms with Crippen molar-refractivity contribution in [2.45, 2.75) is 32.1 Å². The van der Waals surface area contributed by atoms with Crippen molar-refractivity contribution >= 4 is 39.3 Å². The number of carbonyl (C=O) groups is 3. The predicted octanol–water partition coefficient (Wildman–Crippen LogP) is 4.97. The zero-order valence-electron chi connectivity index (χ0n) is 18.7. The molecule has 0 spiro atoms. The smallest absolute Gasteiger partial charge is 0.355 e. The van der Waals surface area contributed by atoms with E-state index in [-0.39, 0.29) is 17.1 Å². The Labute approximate surface area is 201 Å². The minimum atomic E-state index is -0.721. The summed E-state index contributed by atoms with van der Waals surface area (Å²) in [5.41, 5.74) is 3.88. The van der Waals surface area contributed by atoms with Crippen LogP contribution in [0.3, 0.4) is 0 Å². The van der Waals surface area contributed by atoms with Crippen LogP contribution in [0.1, 0.15) is 36.3 Å². The Kier molecular flexibility index (Phi) is 6.51. The van der Waals surface area contributed by atoms with Crippen LogP contribution >= 0.6 is 15.9 Å². The van der Waals surface area contributed by atoms with E-state index in [2.05, 4.69) is 15.9 Å². The van der Waals surface area contributed by atoms with Gasteiger partial charge in [-0.2, -0.15) is 0 Å². The molecule has 2 aliphatic rings. The average molecular weight is 510 g/mol. The molecule has 0 amide bonds. The molecule has 0 saturated carbocycles. The SMILES string of the molecule is COC(=O)C1=C(C(=O)OC)N(c2ccc(Br)cc2)C2=C(C(=O)CCC2)C1c1ccc(C)cc1. The summed E-state index contributed by atoms with van der Waals surface area (Å²) in [4.78, 5) is 41.4. The van der Waals surface area contributed by atoms with E-state index in [0.717, 1.165) is 15.6 Å². The fourth-order valence-corrected chi connectivity index (χ4v) is 4.80. The van der Waals surface area contributed by atoms with Crippen molar-refractivity contribution in [2.24, 2.45) is 0 Å². The van der Waals surface area contributed by atoms with Gasteiger partial charge in [0.1, 0.15) is 5.70 Å². The van der Waals surface area contributed by atoms with Gasteiger partial charge in [0.05, 0.1) is 19.8 Å². The molecule has 1 atom stereocenters.